The summed E-state index contributed by atoms with van der Waals surface area (Å²) in [6.07, 6.45) is 2.18. The number of aromatic nitrogens is 1. The molecular weight excluding hydrogens is 240 g/mol. The van der Waals surface area contributed by atoms with Crippen molar-refractivity contribution in [2.24, 2.45) is 0 Å². The van der Waals surface area contributed by atoms with Crippen molar-refractivity contribution in [1.82, 2.24) is 9.88 Å². The molecule has 19 heavy (non-hydrogen) atoms. The van der Waals surface area contributed by atoms with E-state index in [0.717, 1.165) is 16.6 Å². The number of fused-ring (bicyclic) bond motifs is 4. The first-order valence-electron chi connectivity index (χ1n) is 6.18. The maximum atomic E-state index is 12.3. The minimum Gasteiger partial charge on any atom is -0.299 e. The van der Waals surface area contributed by atoms with Crippen molar-refractivity contribution in [2.45, 2.75) is 6.42 Å². The maximum Gasteiger partial charge on any atom is 0.261 e. The Hall–Kier alpha value is -2.49. The average molecular weight is 250 g/mol. The zero-order valence-electron chi connectivity index (χ0n) is 10.1. The van der Waals surface area contributed by atoms with Gasteiger partial charge in [-0.05, 0) is 12.1 Å². The predicted molar refractivity (Wildman–Crippen MR) is 70.4 cm³/mol. The maximum absolute atomic E-state index is 12.3. The van der Waals surface area contributed by atoms with Crippen molar-refractivity contribution in [3.05, 3.63) is 47.7 Å². The summed E-state index contributed by atoms with van der Waals surface area (Å²) >= 11 is 0. The molecule has 0 atom stereocenters. The summed E-state index contributed by atoms with van der Waals surface area (Å²) in [4.78, 5) is 29.9. The van der Waals surface area contributed by atoms with Gasteiger partial charge in [-0.15, -0.1) is 0 Å². The van der Waals surface area contributed by atoms with E-state index < -0.39 is 0 Å². The Morgan fingerprint density at radius 3 is 2.89 bits per heavy atom. The summed E-state index contributed by atoms with van der Waals surface area (Å²) in [7, 11) is 0. The molecule has 1 amide bonds. The molecule has 4 nitrogen and oxygen atoms in total. The van der Waals surface area contributed by atoms with Crippen LogP contribution in [-0.4, -0.2) is 28.1 Å². The Kier molecular flexibility index (Phi) is 1.93. The van der Waals surface area contributed by atoms with Crippen LogP contribution in [0.2, 0.25) is 0 Å². The molecule has 1 aromatic heterocycles. The lowest BCUT2D eigenvalue weighted by atomic mass is 10.1. The molecule has 0 saturated carbocycles. The molecule has 4 heteroatoms. The highest BCUT2D eigenvalue weighted by Gasteiger charge is 2.36. The number of ketones is 1. The summed E-state index contributed by atoms with van der Waals surface area (Å²) in [5.41, 5.74) is 2.95. The van der Waals surface area contributed by atoms with Gasteiger partial charge in [-0.1, -0.05) is 24.3 Å². The number of amides is 1. The number of pyridine rings is 1. The van der Waals surface area contributed by atoms with Gasteiger partial charge >= 0.3 is 0 Å². The van der Waals surface area contributed by atoms with Crippen LogP contribution in [0.3, 0.4) is 0 Å². The summed E-state index contributed by atoms with van der Waals surface area (Å²) in [6, 6.07) is 9.58. The number of allylic oxidation sites excluding steroid dienone is 1. The van der Waals surface area contributed by atoms with Crippen molar-refractivity contribution >= 4 is 28.3 Å². The molecule has 3 heterocycles. The Labute approximate surface area is 109 Å². The van der Waals surface area contributed by atoms with E-state index >= 15 is 0 Å². The number of rotatable bonds is 0. The van der Waals surface area contributed by atoms with Gasteiger partial charge in [-0.25, -0.2) is 4.98 Å². The molecule has 2 aromatic rings. The topological polar surface area (TPSA) is 50.3 Å². The van der Waals surface area contributed by atoms with E-state index in [1.54, 1.807) is 6.08 Å². The Morgan fingerprint density at radius 2 is 2.00 bits per heavy atom. The fourth-order valence-corrected chi connectivity index (χ4v) is 2.67. The number of Topliss-reactive ketones (excluding diaryl/α,β-unsaturated/α-hetero) is 1. The molecule has 0 spiro atoms. The molecule has 2 aliphatic heterocycles. The fourth-order valence-electron chi connectivity index (χ4n) is 2.67. The smallest absolute Gasteiger partial charge is 0.261 e. The molecule has 0 aliphatic carbocycles. The first kappa shape index (κ1) is 10.4. The van der Waals surface area contributed by atoms with Crippen LogP contribution in [0.25, 0.3) is 16.6 Å². The second kappa shape index (κ2) is 3.51. The van der Waals surface area contributed by atoms with Gasteiger partial charge in [0.2, 0.25) is 0 Å². The highest BCUT2D eigenvalue weighted by atomic mass is 16.2. The van der Waals surface area contributed by atoms with Gasteiger partial charge in [-0.2, -0.15) is 0 Å². The van der Waals surface area contributed by atoms with Crippen LogP contribution in [0.15, 0.2) is 36.4 Å². The second-order valence-electron chi connectivity index (χ2n) is 4.80. The van der Waals surface area contributed by atoms with Gasteiger partial charge in [0, 0.05) is 11.8 Å². The summed E-state index contributed by atoms with van der Waals surface area (Å²) in [5, 5.41) is 0.946. The van der Waals surface area contributed by atoms with E-state index in [9.17, 15) is 9.59 Å². The molecule has 0 fully saturated rings. The van der Waals surface area contributed by atoms with Crippen LogP contribution in [0.5, 0.6) is 0 Å². The molecule has 2 aliphatic rings. The van der Waals surface area contributed by atoms with E-state index in [2.05, 4.69) is 4.98 Å². The summed E-state index contributed by atoms with van der Waals surface area (Å²) < 4.78 is 0. The number of nitrogens with zero attached hydrogens (tertiary/aromatic N) is 2. The van der Waals surface area contributed by atoms with Gasteiger partial charge in [0.05, 0.1) is 29.0 Å². The van der Waals surface area contributed by atoms with Crippen molar-refractivity contribution in [1.29, 1.82) is 0 Å². The largest absolute Gasteiger partial charge is 0.299 e. The van der Waals surface area contributed by atoms with Gasteiger partial charge in [-0.3, -0.25) is 14.5 Å². The monoisotopic (exact) mass is 250 g/mol. The van der Waals surface area contributed by atoms with Gasteiger partial charge in [0.1, 0.15) is 0 Å². The molecule has 0 N–H and O–H groups in total. The van der Waals surface area contributed by atoms with Crippen molar-refractivity contribution < 1.29 is 9.59 Å². The third-order valence-electron chi connectivity index (χ3n) is 3.59. The Bertz CT molecular complexity index is 777. The second-order valence-corrected chi connectivity index (χ2v) is 4.80. The molecule has 1 aromatic carbocycles. The molecule has 0 unspecified atom stereocenters. The molecule has 0 radical (unpaired) electrons. The quantitative estimate of drug-likeness (QED) is 0.718. The standard InChI is InChI=1S/C15H10N2O2/c18-10-5-6-13-14-11(15(19)17(13)8-10)7-9-3-1-2-4-12(9)16-14/h1-4,6-7H,5,8H2. The van der Waals surface area contributed by atoms with Crippen LogP contribution >= 0.6 is 0 Å². The predicted octanol–water partition coefficient (Wildman–Crippen LogP) is 2.00. The van der Waals surface area contributed by atoms with E-state index in [0.29, 0.717) is 17.7 Å². The van der Waals surface area contributed by atoms with E-state index in [1.165, 1.54) is 4.90 Å². The molecule has 0 bridgehead atoms. The lowest BCUT2D eigenvalue weighted by Crippen LogP contribution is -2.32. The number of hydrogen-bond acceptors (Lipinski definition) is 3. The lowest BCUT2D eigenvalue weighted by molar-refractivity contribution is -0.118. The SMILES string of the molecule is O=C1CC=C2c3nc4ccccc4cc3C(=O)N2C1. The van der Waals surface area contributed by atoms with Crippen molar-refractivity contribution in [3.63, 3.8) is 0 Å². The number of hydrogen-bond donors (Lipinski definition) is 0. The molecule has 0 saturated heterocycles. The van der Waals surface area contributed by atoms with Crippen LogP contribution in [0, 0.1) is 0 Å². The normalized spacial score (nSPS) is 17.5. The van der Waals surface area contributed by atoms with Gasteiger partial charge < -0.3 is 0 Å². The molecule has 4 rings (SSSR count). The highest BCUT2D eigenvalue weighted by Crippen LogP contribution is 2.35. The lowest BCUT2D eigenvalue weighted by Gasteiger charge is -2.20. The minimum atomic E-state index is -0.118. The number of benzene rings is 1. The third-order valence-corrected chi connectivity index (χ3v) is 3.59. The summed E-state index contributed by atoms with van der Waals surface area (Å²) in [5.74, 6) is -0.0537. The van der Waals surface area contributed by atoms with Crippen LogP contribution < -0.4 is 0 Å². The van der Waals surface area contributed by atoms with Crippen LogP contribution in [0.1, 0.15) is 22.5 Å². The first-order valence-corrected chi connectivity index (χ1v) is 6.18. The van der Waals surface area contributed by atoms with E-state index in [1.807, 2.05) is 30.3 Å². The van der Waals surface area contributed by atoms with Crippen LogP contribution in [-0.2, 0) is 4.79 Å². The fraction of sp³-hybridized carbons (Fsp3) is 0.133. The van der Waals surface area contributed by atoms with Crippen molar-refractivity contribution in [2.75, 3.05) is 6.54 Å². The van der Waals surface area contributed by atoms with E-state index in [-0.39, 0.29) is 18.2 Å². The minimum absolute atomic E-state index is 0.0643. The van der Waals surface area contributed by atoms with Gasteiger partial charge in [0.15, 0.2) is 5.78 Å². The Balaban J connectivity index is 2.00. The summed E-state index contributed by atoms with van der Waals surface area (Å²) in [6.45, 7) is 0.164. The highest BCUT2D eigenvalue weighted by molar-refractivity contribution is 6.13. The van der Waals surface area contributed by atoms with Crippen molar-refractivity contribution in [3.8, 4) is 0 Å². The molecule has 92 valence electrons. The third kappa shape index (κ3) is 1.37. The molecular formula is C15H10N2O2. The first-order chi connectivity index (χ1) is 9.24. The zero-order valence-corrected chi connectivity index (χ0v) is 10.1. The number of carbonyl (C=O) groups is 2. The van der Waals surface area contributed by atoms with Gasteiger partial charge in [0.25, 0.3) is 5.91 Å². The number of carbonyl (C=O) groups excluding carboxylic acids is 2. The zero-order chi connectivity index (χ0) is 13.0. The van der Waals surface area contributed by atoms with E-state index in [4.69, 9.17) is 0 Å². The van der Waals surface area contributed by atoms with Crippen LogP contribution in [0.4, 0.5) is 0 Å². The number of para-hydroxylation sites is 1. The Morgan fingerprint density at radius 1 is 1.16 bits per heavy atom. The average Bonchev–Trinajstić information content (AvgIpc) is 2.69.